The lowest BCUT2D eigenvalue weighted by molar-refractivity contribution is -0.199. The highest BCUT2D eigenvalue weighted by molar-refractivity contribution is 5.83. The molecule has 18 nitrogen and oxygen atoms in total. The number of ether oxygens (including phenoxy) is 7. The second kappa shape index (κ2) is 39.2. The molecule has 0 radical (unpaired) electrons. The number of carboxylic acid groups (broad SMARTS) is 1. The van der Waals surface area contributed by atoms with Gasteiger partial charge in [0.15, 0.2) is 12.2 Å². The van der Waals surface area contributed by atoms with Crippen molar-refractivity contribution in [3.05, 3.63) is 157 Å². The lowest BCUT2D eigenvalue weighted by Crippen LogP contribution is -2.55. The first-order valence-electron chi connectivity index (χ1n) is 33.3. The Bertz CT molecular complexity index is 2780. The number of allylic oxidation sites excluding steroid dienone is 12. The smallest absolute Gasteiger partial charge is 0.335 e. The lowest BCUT2D eigenvalue weighted by Gasteiger charge is -2.47. The van der Waals surface area contributed by atoms with Gasteiger partial charge in [-0.15, -0.1) is 0 Å². The fourth-order valence-corrected chi connectivity index (χ4v) is 12.1. The maximum atomic E-state index is 13.0. The first-order chi connectivity index (χ1) is 44.3. The quantitative estimate of drug-likeness (QED) is 0.0405. The van der Waals surface area contributed by atoms with E-state index in [4.69, 9.17) is 38.3 Å². The molecule has 6 aliphatic rings. The van der Waals surface area contributed by atoms with Crippen LogP contribution in [0.2, 0.25) is 0 Å². The topological polar surface area (TPSA) is 274 Å². The van der Waals surface area contributed by atoms with Crippen LogP contribution in [-0.2, 0) is 52.3 Å². The molecule has 19 atom stereocenters. The number of esters is 3. The standard InChI is InChI=1S/C41H60O10.C34H48O8/c1-27(2)21-34(44)29(4)25-48-40(47)33(43)18-13-14-19-37-41(6,26-42)38-24-32(50-37)17-10-7-9-15-28(3)22-36-30(5)35(45)23-31(49-36)16-11-8-12-20-39(46)51-38;1-23-13-7-5-8-15-27-21-31(34(4,22-35)30(41-27)17-12-11-16-28(36)33(38)39)42-32(37)18-10-6-9-14-26-20-24(2)25(3)29(19-23)40-26/h8-15,17,20,22,27,30-38,42-45H,4,7,16,18-19,21,23-26H2,1-3,5-6H3;6-13,15,18-19,24-31,35-36H,5,14,16-17,20-22H2,1-4H3,(H,38,39)/b11-8+,14-13-,15-9+,17-10+,20-12+,28-22-;9-6+,12-11-,13-7+,15-8+,18-10+,23-19-/t30-,31+,32-,33?,34?,35+,36-,37+,38-,41+;24-,25+,26-,27+,28?,29+,30-,31+,34-/m10/s1. The molecule has 516 valence electrons. The zero-order valence-electron chi connectivity index (χ0n) is 56.2. The summed E-state index contributed by atoms with van der Waals surface area (Å²) in [5, 5.41) is 70.6. The average Bonchev–Trinajstić information content (AvgIpc) is 0.844. The maximum absolute atomic E-state index is 13.0. The van der Waals surface area contributed by atoms with Gasteiger partial charge in [0.25, 0.3) is 0 Å². The number of fused-ring (bicyclic) bond motifs is 8. The minimum absolute atomic E-state index is 0.00418. The molecule has 8 bridgehead atoms. The van der Waals surface area contributed by atoms with Crippen LogP contribution in [0.3, 0.4) is 0 Å². The van der Waals surface area contributed by atoms with Crippen molar-refractivity contribution in [2.75, 3.05) is 19.8 Å². The number of aliphatic hydroxyl groups excluding tert-OH is 6. The Balaban J connectivity index is 0.000000343. The van der Waals surface area contributed by atoms with E-state index in [1.807, 2.05) is 96.2 Å². The van der Waals surface area contributed by atoms with Gasteiger partial charge in [-0.25, -0.2) is 19.2 Å². The Morgan fingerprint density at radius 3 is 1.58 bits per heavy atom. The van der Waals surface area contributed by atoms with E-state index in [9.17, 15) is 49.8 Å². The molecule has 18 heteroatoms. The van der Waals surface area contributed by atoms with Gasteiger partial charge in [0.1, 0.15) is 18.8 Å². The number of carboxylic acids is 1. The highest BCUT2D eigenvalue weighted by Gasteiger charge is 2.50. The molecule has 0 saturated carbocycles. The Hall–Kier alpha value is -5.90. The second-order valence-electron chi connectivity index (χ2n) is 26.8. The van der Waals surface area contributed by atoms with Crippen molar-refractivity contribution in [1.29, 1.82) is 0 Å². The molecule has 0 amide bonds. The van der Waals surface area contributed by atoms with Crippen LogP contribution in [-0.4, -0.2) is 165 Å². The van der Waals surface area contributed by atoms with E-state index in [1.165, 1.54) is 12.2 Å². The Morgan fingerprint density at radius 1 is 0.634 bits per heavy atom. The van der Waals surface area contributed by atoms with Crippen LogP contribution in [0, 0.1) is 34.5 Å². The van der Waals surface area contributed by atoms with Gasteiger partial charge in [-0.2, -0.15) is 0 Å². The summed E-state index contributed by atoms with van der Waals surface area (Å²) in [6, 6.07) is 0. The van der Waals surface area contributed by atoms with Crippen LogP contribution in [0.5, 0.6) is 0 Å². The van der Waals surface area contributed by atoms with Crippen LogP contribution >= 0.6 is 0 Å². The number of aliphatic carboxylic acids is 1. The van der Waals surface area contributed by atoms with Gasteiger partial charge in [-0.05, 0) is 88.5 Å². The van der Waals surface area contributed by atoms with Gasteiger partial charge in [0.05, 0.1) is 85.1 Å². The third kappa shape index (κ3) is 25.3. The summed E-state index contributed by atoms with van der Waals surface area (Å²) < 4.78 is 42.5. The minimum atomic E-state index is -1.48. The summed E-state index contributed by atoms with van der Waals surface area (Å²) in [6.45, 7) is 21.2. The number of hydrogen-bond donors (Lipinski definition) is 7. The van der Waals surface area contributed by atoms with E-state index < -0.39 is 89.6 Å². The Labute approximate surface area is 552 Å². The number of aliphatic hydroxyl groups is 6. The molecular formula is C75H108O18. The maximum Gasteiger partial charge on any atom is 0.335 e. The zero-order valence-corrected chi connectivity index (χ0v) is 56.2. The van der Waals surface area contributed by atoms with E-state index in [2.05, 4.69) is 51.7 Å². The van der Waals surface area contributed by atoms with Crippen molar-refractivity contribution in [2.24, 2.45) is 34.5 Å². The fraction of sp³-hybridized carbons (Fsp3) is 0.600. The molecule has 6 rings (SSSR count). The van der Waals surface area contributed by atoms with E-state index in [0.29, 0.717) is 75.2 Å². The molecule has 7 N–H and O–H groups in total. The van der Waals surface area contributed by atoms with Gasteiger partial charge >= 0.3 is 23.9 Å². The summed E-state index contributed by atoms with van der Waals surface area (Å²) >= 11 is 0. The van der Waals surface area contributed by atoms with Crippen LogP contribution in [0.4, 0.5) is 0 Å². The molecule has 0 aromatic heterocycles. The van der Waals surface area contributed by atoms with Crippen molar-refractivity contribution in [2.45, 2.75) is 231 Å². The molecule has 3 unspecified atom stereocenters. The third-order valence-corrected chi connectivity index (χ3v) is 18.6. The summed E-state index contributed by atoms with van der Waals surface area (Å²) in [4.78, 5) is 49.1. The van der Waals surface area contributed by atoms with E-state index in [0.717, 1.165) is 24.0 Å². The molecule has 4 saturated heterocycles. The van der Waals surface area contributed by atoms with E-state index in [-0.39, 0.29) is 75.0 Å². The van der Waals surface area contributed by atoms with Crippen LogP contribution < -0.4 is 0 Å². The summed E-state index contributed by atoms with van der Waals surface area (Å²) in [7, 11) is 0. The summed E-state index contributed by atoms with van der Waals surface area (Å²) in [5.74, 6) is -1.95. The predicted molar refractivity (Wildman–Crippen MR) is 358 cm³/mol. The Kier molecular flexibility index (Phi) is 32.8. The molecule has 6 heterocycles. The molecular weight excluding hydrogens is 1190 g/mol. The predicted octanol–water partition coefficient (Wildman–Crippen LogP) is 10.6. The first kappa shape index (κ1) is 77.8. The molecule has 0 aromatic carbocycles. The lowest BCUT2D eigenvalue weighted by atomic mass is 9.73. The van der Waals surface area contributed by atoms with Gasteiger partial charge in [-0.3, -0.25) is 0 Å². The van der Waals surface area contributed by atoms with Crippen LogP contribution in [0.15, 0.2) is 157 Å². The van der Waals surface area contributed by atoms with Crippen molar-refractivity contribution in [1.82, 2.24) is 0 Å². The monoisotopic (exact) mass is 1300 g/mol. The molecule has 0 aliphatic carbocycles. The molecule has 0 aromatic rings. The summed E-state index contributed by atoms with van der Waals surface area (Å²) in [6.07, 6.45) is 39.4. The van der Waals surface area contributed by atoms with E-state index >= 15 is 0 Å². The first-order valence-corrected chi connectivity index (χ1v) is 33.3. The van der Waals surface area contributed by atoms with Crippen molar-refractivity contribution in [3.63, 3.8) is 0 Å². The third-order valence-electron chi connectivity index (χ3n) is 18.6. The van der Waals surface area contributed by atoms with Crippen molar-refractivity contribution in [3.8, 4) is 0 Å². The van der Waals surface area contributed by atoms with Gasteiger partial charge in [0, 0.05) is 50.2 Å². The van der Waals surface area contributed by atoms with E-state index in [1.54, 1.807) is 42.5 Å². The number of carbonyl (C=O) groups is 4. The Morgan fingerprint density at radius 2 is 1.11 bits per heavy atom. The van der Waals surface area contributed by atoms with Gasteiger partial charge in [0.2, 0.25) is 0 Å². The van der Waals surface area contributed by atoms with Crippen molar-refractivity contribution < 1.29 is 88.1 Å². The average molecular weight is 1300 g/mol. The normalized spacial score (nSPS) is 37.4. The number of rotatable bonds is 17. The molecule has 93 heavy (non-hydrogen) atoms. The highest BCUT2D eigenvalue weighted by Crippen LogP contribution is 2.43. The number of hydrogen-bond acceptors (Lipinski definition) is 17. The summed E-state index contributed by atoms with van der Waals surface area (Å²) in [5.41, 5.74) is 0.742. The molecule has 0 spiro atoms. The largest absolute Gasteiger partial charge is 0.479 e. The highest BCUT2D eigenvalue weighted by atomic mass is 16.6. The fourth-order valence-electron chi connectivity index (χ4n) is 12.1. The van der Waals surface area contributed by atoms with Crippen LogP contribution in [0.25, 0.3) is 0 Å². The SMILES string of the molecule is C=C(COC(=O)C(O)C/C=C\C[C@@H]1O[C@@H]2/C=C/C/C=C/C(C)=C\[C@H]3O[C@@H](C/C=C/C=C/C(=O)O[C@H](C2)[C@@]1(C)CO)C[C@H](O)[C@H]3C)C(O)CC(C)C.CC1=C/[C@H]2O[C@@H](C/C=C/C=C/C(=O)O[C@@H]3C[C@@H](/C=C/C\C=C\1)O[C@@H](C/C=C\CC(O)C(=O)O)[C@]3(C)CO)C[C@H](C)[C@H]2C. The van der Waals surface area contributed by atoms with Crippen molar-refractivity contribution >= 4 is 23.9 Å². The molecule has 6 aliphatic heterocycles. The second-order valence-corrected chi connectivity index (χ2v) is 26.8. The van der Waals surface area contributed by atoms with Gasteiger partial charge in [-0.1, -0.05) is 188 Å². The minimum Gasteiger partial charge on any atom is -0.479 e. The molecule has 4 fully saturated rings. The van der Waals surface area contributed by atoms with Gasteiger partial charge < -0.3 is 68.9 Å². The van der Waals surface area contributed by atoms with Crippen LogP contribution in [0.1, 0.15) is 146 Å². The zero-order chi connectivity index (χ0) is 68.3. The number of carbonyl (C=O) groups excluding carboxylic acids is 3.